The molecule has 4 aromatic carbocycles. The zero-order chi connectivity index (χ0) is 69.5. The minimum atomic E-state index is -1.82. The number of unbranched alkanes of at least 4 members (excludes halogenated alkanes) is 1. The Balaban J connectivity index is 1.24. The van der Waals surface area contributed by atoms with E-state index in [0.29, 0.717) is 53.8 Å². The van der Waals surface area contributed by atoms with Crippen LogP contribution >= 0.6 is 11.6 Å². The van der Waals surface area contributed by atoms with Crippen molar-refractivity contribution in [2.75, 3.05) is 26.7 Å². The lowest BCUT2D eigenvalue weighted by atomic mass is 9.92. The Hall–Kier alpha value is -9.17. The molecule has 0 bridgehead atoms. The average Bonchev–Trinajstić information content (AvgIpc) is 1.68. The average molecular weight is 1330 g/mol. The van der Waals surface area contributed by atoms with Gasteiger partial charge in [0.15, 0.2) is 17.6 Å². The molecule has 1 saturated heterocycles. The van der Waals surface area contributed by atoms with E-state index in [0.717, 1.165) is 21.2 Å². The molecule has 1 aromatic heterocycles. The van der Waals surface area contributed by atoms with Crippen molar-refractivity contribution >= 4 is 87.6 Å². The van der Waals surface area contributed by atoms with E-state index < -0.39 is 126 Å². The predicted molar refractivity (Wildman–Crippen MR) is 356 cm³/mol. The standard InChI is InChI=1S/C69H89ClN12O13/c1-41(2)31-54(62(89)75-53(16-9-10-29-74-42(3)4)68(95)82-30-12-27-69(82,40-84)43(5)85)77-65(92)57(37-60(72)87)79-66(93)59(36-45-20-25-51(86)26-21-45)81(6)67(94)58(39-83)80-64(91)56(35-47-13-11-28-73-38-47)78-63(90)55(34-44-18-23-50(70)24-19-44)76-61(88)52(71)33-46-17-22-48-14-7-8-15-49(48)32-46/h7-8,11,13-15,17-26,28,32,38,40-42,52-59,74,83,86H,9-10,12,16,27,29-31,33-37,39,71H2,1-6H3,(H2,72,87)(H,75,89)(H,76,88)(H,77,92)(H,78,90)(H,79,93)(H,80,91)/t52-,53+,54+,55-,56-,57-,58+,59+,69+/m1/s1. The van der Waals surface area contributed by atoms with Crippen molar-refractivity contribution in [2.24, 2.45) is 17.4 Å². The number of nitrogens with one attached hydrogen (secondary N) is 7. The molecule has 9 atom stereocenters. The van der Waals surface area contributed by atoms with Crippen molar-refractivity contribution in [3.05, 3.63) is 143 Å². The van der Waals surface area contributed by atoms with Gasteiger partial charge >= 0.3 is 0 Å². The number of phenolic OH excluding ortho intramolecular Hbond substituents is 1. The number of nitrogens with two attached hydrogens (primary N) is 2. The Kier molecular flexibility index (Phi) is 28.3. The van der Waals surface area contributed by atoms with Crippen molar-refractivity contribution in [2.45, 2.75) is 165 Å². The Bertz CT molecular complexity index is 3490. The summed E-state index contributed by atoms with van der Waals surface area (Å²) >= 11 is 6.20. The van der Waals surface area contributed by atoms with Gasteiger partial charge < -0.3 is 73.5 Å². The van der Waals surface area contributed by atoms with Gasteiger partial charge in [0.25, 0.3) is 0 Å². The summed E-state index contributed by atoms with van der Waals surface area (Å²) in [5.41, 5.74) is 12.6. The lowest BCUT2D eigenvalue weighted by molar-refractivity contribution is -0.148. The Morgan fingerprint density at radius 2 is 1.23 bits per heavy atom. The first-order valence-corrected chi connectivity index (χ1v) is 32.2. The number of rotatable bonds is 36. The molecule has 9 amide bonds. The summed E-state index contributed by atoms with van der Waals surface area (Å²) in [7, 11) is 1.19. The van der Waals surface area contributed by atoms with E-state index in [1.54, 1.807) is 50.2 Å². The molecular weight excluding hydrogens is 1240 g/mol. The third-order valence-corrected chi connectivity index (χ3v) is 16.9. The molecular formula is C69H89ClN12O13. The van der Waals surface area contributed by atoms with Gasteiger partial charge in [-0.3, -0.25) is 52.9 Å². The number of hydrogen-bond acceptors (Lipinski definition) is 16. The van der Waals surface area contributed by atoms with Crippen molar-refractivity contribution in [1.82, 2.24) is 52.0 Å². The first kappa shape index (κ1) is 74.9. The van der Waals surface area contributed by atoms with Crippen LogP contribution in [0.5, 0.6) is 5.75 Å². The van der Waals surface area contributed by atoms with Crippen LogP contribution in [-0.2, 0) is 78.4 Å². The lowest BCUT2D eigenvalue weighted by Gasteiger charge is -2.35. The summed E-state index contributed by atoms with van der Waals surface area (Å²) in [6.07, 6.45) is 3.64. The zero-order valence-electron chi connectivity index (χ0n) is 54.5. The normalized spacial score (nSPS) is 16.2. The zero-order valence-corrected chi connectivity index (χ0v) is 55.2. The number of primary amides is 1. The summed E-state index contributed by atoms with van der Waals surface area (Å²) in [5.74, 6) is -9.12. The Morgan fingerprint density at radius 1 is 0.663 bits per heavy atom. The number of aromatic nitrogens is 1. The molecule has 95 heavy (non-hydrogen) atoms. The van der Waals surface area contributed by atoms with Gasteiger partial charge in [0.2, 0.25) is 53.2 Å². The first-order valence-electron chi connectivity index (χ1n) is 31.9. The van der Waals surface area contributed by atoms with Gasteiger partial charge in [-0.15, -0.1) is 0 Å². The number of hydrogen-bond donors (Lipinski definition) is 11. The second kappa shape index (κ2) is 35.9. The van der Waals surface area contributed by atoms with Crippen molar-refractivity contribution in [3.63, 3.8) is 0 Å². The van der Waals surface area contributed by atoms with Crippen LogP contribution in [0.4, 0.5) is 0 Å². The maximum Gasteiger partial charge on any atom is 0.247 e. The smallest absolute Gasteiger partial charge is 0.247 e. The summed E-state index contributed by atoms with van der Waals surface area (Å²) in [6.45, 7) is 8.33. The molecule has 1 aliphatic heterocycles. The summed E-state index contributed by atoms with van der Waals surface area (Å²) in [4.78, 5) is 161. The molecule has 1 fully saturated rings. The van der Waals surface area contributed by atoms with E-state index in [1.807, 2.05) is 56.3 Å². The van der Waals surface area contributed by atoms with Gasteiger partial charge in [-0.2, -0.15) is 0 Å². The van der Waals surface area contributed by atoms with Gasteiger partial charge in [0, 0.05) is 56.3 Å². The van der Waals surface area contributed by atoms with Crippen LogP contribution in [0.3, 0.4) is 0 Å². The highest BCUT2D eigenvalue weighted by molar-refractivity contribution is 6.30. The fourth-order valence-electron chi connectivity index (χ4n) is 11.4. The number of likely N-dealkylation sites (N-methyl/N-ethyl adjacent to an activating group) is 1. The monoisotopic (exact) mass is 1330 g/mol. The van der Waals surface area contributed by atoms with Crippen molar-refractivity contribution < 1.29 is 63.0 Å². The maximum absolute atomic E-state index is 14.8. The first-order chi connectivity index (χ1) is 45.2. The molecule has 0 aliphatic carbocycles. The third kappa shape index (κ3) is 22.0. The number of phenols is 1. The SMILES string of the molecule is CC(=O)[C@@]1(C=O)CCCN1C(=O)[C@H](CCCCNC(C)C)NC(=O)[C@H](CC(C)C)NC(=O)[C@@H](CC(N)=O)NC(=O)[C@H](Cc1ccc(O)cc1)N(C)C(=O)[C@H](CO)NC(=O)[C@@H](Cc1cccnc1)NC(=O)[C@@H](Cc1ccc(Cl)cc1)NC(=O)[C@H](N)Cc1ccc2ccccc2c1. The molecule has 0 unspecified atom stereocenters. The fourth-order valence-corrected chi connectivity index (χ4v) is 11.5. The number of carbonyl (C=O) groups excluding carboxylic acids is 11. The number of nitrogens with zero attached hydrogens (tertiary/aromatic N) is 3. The van der Waals surface area contributed by atoms with E-state index >= 15 is 0 Å². The molecule has 1 aliphatic rings. The molecule has 13 N–H and O–H groups in total. The van der Waals surface area contributed by atoms with Crippen LogP contribution in [0.1, 0.15) is 102 Å². The fraction of sp³-hybridized carbons (Fsp3) is 0.449. The maximum atomic E-state index is 14.8. The van der Waals surface area contributed by atoms with Gasteiger partial charge in [-0.1, -0.05) is 112 Å². The van der Waals surface area contributed by atoms with E-state index in [4.69, 9.17) is 23.1 Å². The highest BCUT2D eigenvalue weighted by Gasteiger charge is 2.49. The van der Waals surface area contributed by atoms with Crippen molar-refractivity contribution in [1.29, 1.82) is 0 Å². The van der Waals surface area contributed by atoms with Crippen LogP contribution in [0.15, 0.2) is 116 Å². The number of halogens is 1. The number of Topliss-reactive ketones (excluding diaryl/α,β-unsaturated/α-hetero) is 1. The number of aliphatic hydroxyl groups excluding tert-OH is 1. The number of carbonyl (C=O) groups is 11. The number of pyridine rings is 1. The number of likely N-dealkylation sites (tertiary alicyclic amines) is 1. The second-order valence-electron chi connectivity index (χ2n) is 24.9. The summed E-state index contributed by atoms with van der Waals surface area (Å²) in [5, 5.41) is 42.6. The number of fused-ring (bicyclic) bond motifs is 1. The summed E-state index contributed by atoms with van der Waals surface area (Å²) in [6, 6.07) is 17.1. The molecule has 0 spiro atoms. The number of aldehydes is 1. The van der Waals surface area contributed by atoms with Crippen LogP contribution in [0.2, 0.25) is 5.02 Å². The van der Waals surface area contributed by atoms with Gasteiger partial charge in [-0.05, 0) is 128 Å². The molecule has 0 radical (unpaired) electrons. The number of aliphatic hydroxyl groups is 1. The molecule has 6 rings (SSSR count). The molecule has 25 nitrogen and oxygen atoms in total. The largest absolute Gasteiger partial charge is 0.508 e. The van der Waals surface area contributed by atoms with Gasteiger partial charge in [0.1, 0.15) is 48.0 Å². The highest BCUT2D eigenvalue weighted by atomic mass is 35.5. The topological polar surface area (TPSA) is 384 Å². The summed E-state index contributed by atoms with van der Waals surface area (Å²) < 4.78 is 0. The number of amides is 9. The number of aromatic hydroxyl groups is 1. The molecule has 5 aromatic rings. The molecule has 2 heterocycles. The quantitative estimate of drug-likeness (QED) is 0.0155. The van der Waals surface area contributed by atoms with Gasteiger partial charge in [0.05, 0.1) is 19.1 Å². The van der Waals surface area contributed by atoms with Crippen LogP contribution in [0.25, 0.3) is 10.8 Å². The van der Waals surface area contributed by atoms with Crippen LogP contribution in [-0.4, -0.2) is 177 Å². The lowest BCUT2D eigenvalue weighted by Crippen LogP contribution is -2.62. The Morgan fingerprint density at radius 3 is 1.84 bits per heavy atom. The van der Waals surface area contributed by atoms with E-state index in [9.17, 15) is 63.0 Å². The molecule has 26 heteroatoms. The van der Waals surface area contributed by atoms with E-state index in [1.165, 1.54) is 55.5 Å². The predicted octanol–water partition coefficient (Wildman–Crippen LogP) is 2.16. The minimum absolute atomic E-state index is 0.0200. The Labute approximate surface area is 558 Å². The van der Waals surface area contributed by atoms with Crippen molar-refractivity contribution in [3.8, 4) is 5.75 Å². The molecule has 0 saturated carbocycles. The number of benzene rings is 4. The highest BCUT2D eigenvalue weighted by Crippen LogP contribution is 2.30. The van der Waals surface area contributed by atoms with E-state index in [-0.39, 0.29) is 69.2 Å². The minimum Gasteiger partial charge on any atom is -0.508 e. The van der Waals surface area contributed by atoms with Crippen LogP contribution < -0.4 is 48.7 Å². The second-order valence-corrected chi connectivity index (χ2v) is 25.3. The molecule has 510 valence electrons. The van der Waals surface area contributed by atoms with E-state index in [2.05, 4.69) is 42.2 Å². The van der Waals surface area contributed by atoms with Gasteiger partial charge in [-0.25, -0.2) is 0 Å². The number of ketones is 1. The van der Waals surface area contributed by atoms with Crippen LogP contribution in [0, 0.1) is 5.92 Å². The third-order valence-electron chi connectivity index (χ3n) is 16.6.